The van der Waals surface area contributed by atoms with E-state index >= 15 is 0 Å². The fourth-order valence-electron chi connectivity index (χ4n) is 3.23. The number of ether oxygens (including phenoxy) is 2. The molecule has 30 heavy (non-hydrogen) atoms. The molecule has 0 amide bonds. The van der Waals surface area contributed by atoms with E-state index in [4.69, 9.17) is 9.47 Å². The summed E-state index contributed by atoms with van der Waals surface area (Å²) in [4.78, 5) is 42.4. The fraction of sp³-hybridized carbons (Fsp3) is 0.136. The summed E-state index contributed by atoms with van der Waals surface area (Å²) in [5.41, 5.74) is -0.764. The number of hydrogen-bond acceptors (Lipinski definition) is 7. The Bertz CT molecular complexity index is 974. The topological polar surface area (TPSA) is 116 Å². The van der Waals surface area contributed by atoms with Crippen molar-refractivity contribution >= 4 is 18.5 Å². The molecule has 0 spiro atoms. The normalized spacial score (nSPS) is 12.0. The number of rotatable bonds is 9. The quantitative estimate of drug-likeness (QED) is 0.539. The van der Waals surface area contributed by atoms with Gasteiger partial charge in [0.05, 0.1) is 0 Å². The van der Waals surface area contributed by atoms with Crippen LogP contribution in [0.25, 0.3) is 0 Å². The molecule has 1 heterocycles. The standard InChI is InChI=1S/C22H18N2O6/c1-29-22(15-8-4-2-5-9-15,16-10-6-3-7-11-16)19(20(27)28)30-21-23-17(13-25)12-18(14-26)24-21/h2-14,19H,1H3,(H,27,28). The van der Waals surface area contributed by atoms with Crippen LogP contribution in [-0.4, -0.2) is 46.8 Å². The van der Waals surface area contributed by atoms with Crippen LogP contribution in [0.5, 0.6) is 6.01 Å². The lowest BCUT2D eigenvalue weighted by molar-refractivity contribution is -0.160. The van der Waals surface area contributed by atoms with Gasteiger partial charge in [-0.1, -0.05) is 60.7 Å². The molecule has 0 aliphatic heterocycles. The van der Waals surface area contributed by atoms with Crippen LogP contribution in [0.3, 0.4) is 0 Å². The summed E-state index contributed by atoms with van der Waals surface area (Å²) in [7, 11) is 1.37. The van der Waals surface area contributed by atoms with E-state index in [0.29, 0.717) is 23.7 Å². The fourth-order valence-corrected chi connectivity index (χ4v) is 3.23. The highest BCUT2D eigenvalue weighted by atomic mass is 16.6. The predicted molar refractivity (Wildman–Crippen MR) is 106 cm³/mol. The number of aromatic nitrogens is 2. The summed E-state index contributed by atoms with van der Waals surface area (Å²) in [6, 6.07) is 18.2. The molecule has 1 unspecified atom stereocenters. The highest BCUT2D eigenvalue weighted by molar-refractivity contribution is 5.79. The van der Waals surface area contributed by atoms with Gasteiger partial charge < -0.3 is 14.6 Å². The second-order valence-corrected chi connectivity index (χ2v) is 6.24. The first-order valence-corrected chi connectivity index (χ1v) is 8.90. The van der Waals surface area contributed by atoms with Crippen LogP contribution in [0.15, 0.2) is 66.7 Å². The van der Waals surface area contributed by atoms with Crippen molar-refractivity contribution in [2.24, 2.45) is 0 Å². The third kappa shape index (κ3) is 3.94. The lowest BCUT2D eigenvalue weighted by Crippen LogP contribution is -2.50. The average Bonchev–Trinajstić information content (AvgIpc) is 2.80. The summed E-state index contributed by atoms with van der Waals surface area (Å²) in [6.07, 6.45) is -0.821. The number of carboxylic acid groups (broad SMARTS) is 1. The van der Waals surface area contributed by atoms with Crippen molar-refractivity contribution in [3.8, 4) is 6.01 Å². The van der Waals surface area contributed by atoms with Crippen molar-refractivity contribution in [1.29, 1.82) is 0 Å². The molecule has 3 aromatic rings. The number of carbonyl (C=O) groups is 3. The van der Waals surface area contributed by atoms with E-state index in [0.717, 1.165) is 0 Å². The van der Waals surface area contributed by atoms with E-state index in [9.17, 15) is 19.5 Å². The highest BCUT2D eigenvalue weighted by Gasteiger charge is 2.49. The number of benzene rings is 2. The van der Waals surface area contributed by atoms with Crippen molar-refractivity contribution < 1.29 is 29.0 Å². The summed E-state index contributed by atoms with van der Waals surface area (Å²) in [5, 5.41) is 10.1. The predicted octanol–water partition coefficient (Wildman–Crippen LogP) is 2.52. The molecule has 2 aromatic carbocycles. The number of nitrogens with zero attached hydrogens (tertiary/aromatic N) is 2. The Hall–Kier alpha value is -3.91. The van der Waals surface area contributed by atoms with Gasteiger partial charge in [0.2, 0.25) is 6.10 Å². The number of methoxy groups -OCH3 is 1. The van der Waals surface area contributed by atoms with Crippen LogP contribution >= 0.6 is 0 Å². The molecule has 0 bridgehead atoms. The zero-order chi connectivity index (χ0) is 21.6. The molecule has 0 aliphatic rings. The zero-order valence-electron chi connectivity index (χ0n) is 16.0. The number of carbonyl (C=O) groups excluding carboxylic acids is 2. The smallest absolute Gasteiger partial charge is 0.348 e. The molecule has 1 N–H and O–H groups in total. The Morgan fingerprint density at radius 3 is 1.77 bits per heavy atom. The summed E-state index contributed by atoms with van der Waals surface area (Å²) >= 11 is 0. The second-order valence-electron chi connectivity index (χ2n) is 6.24. The van der Waals surface area contributed by atoms with E-state index in [1.165, 1.54) is 13.2 Å². The molecule has 0 saturated heterocycles. The van der Waals surface area contributed by atoms with E-state index in [-0.39, 0.29) is 11.4 Å². The zero-order valence-corrected chi connectivity index (χ0v) is 16.0. The van der Waals surface area contributed by atoms with Gasteiger partial charge >= 0.3 is 12.0 Å². The Kier molecular flexibility index (Phi) is 6.29. The van der Waals surface area contributed by atoms with Crippen molar-refractivity contribution in [2.45, 2.75) is 11.7 Å². The molecule has 8 nitrogen and oxygen atoms in total. The van der Waals surface area contributed by atoms with Gasteiger partial charge in [-0.2, -0.15) is 9.97 Å². The first-order valence-electron chi connectivity index (χ1n) is 8.90. The van der Waals surface area contributed by atoms with E-state index in [2.05, 4.69) is 9.97 Å². The van der Waals surface area contributed by atoms with Crippen LogP contribution in [0, 0.1) is 0 Å². The maximum absolute atomic E-state index is 12.4. The molecule has 3 rings (SSSR count). The molecular weight excluding hydrogens is 388 g/mol. The van der Waals surface area contributed by atoms with Crippen LogP contribution in [0.1, 0.15) is 32.1 Å². The number of carboxylic acids is 1. The van der Waals surface area contributed by atoms with Gasteiger partial charge in [-0.15, -0.1) is 0 Å². The van der Waals surface area contributed by atoms with Gasteiger partial charge in [-0.3, -0.25) is 9.59 Å². The third-order valence-corrected chi connectivity index (χ3v) is 4.53. The Balaban J connectivity index is 2.20. The highest BCUT2D eigenvalue weighted by Crippen LogP contribution is 2.38. The minimum atomic E-state index is -1.64. The number of aliphatic carboxylic acids is 1. The van der Waals surface area contributed by atoms with Crippen LogP contribution in [0.2, 0.25) is 0 Å². The maximum Gasteiger partial charge on any atom is 0.348 e. The van der Waals surface area contributed by atoms with Crippen LogP contribution < -0.4 is 4.74 Å². The molecule has 0 fully saturated rings. The summed E-state index contributed by atoms with van der Waals surface area (Å²) in [6.45, 7) is 0. The Labute approximate surface area is 172 Å². The van der Waals surface area contributed by atoms with Crippen molar-refractivity contribution in [3.63, 3.8) is 0 Å². The van der Waals surface area contributed by atoms with E-state index < -0.39 is 23.7 Å². The van der Waals surface area contributed by atoms with Gasteiger partial charge in [0.1, 0.15) is 11.4 Å². The van der Waals surface area contributed by atoms with Crippen molar-refractivity contribution in [1.82, 2.24) is 9.97 Å². The summed E-state index contributed by atoms with van der Waals surface area (Å²) < 4.78 is 11.5. The molecule has 0 radical (unpaired) electrons. The van der Waals surface area contributed by atoms with E-state index in [1.807, 2.05) is 0 Å². The maximum atomic E-state index is 12.4. The average molecular weight is 406 g/mol. The summed E-state index contributed by atoms with van der Waals surface area (Å²) in [5.74, 6) is -1.35. The molecule has 1 atom stereocenters. The van der Waals surface area contributed by atoms with Crippen molar-refractivity contribution in [2.75, 3.05) is 7.11 Å². The van der Waals surface area contributed by atoms with Gasteiger partial charge in [0.15, 0.2) is 18.2 Å². The van der Waals surface area contributed by atoms with Crippen LogP contribution in [-0.2, 0) is 15.1 Å². The molecule has 0 aliphatic carbocycles. The Morgan fingerprint density at radius 2 is 1.40 bits per heavy atom. The van der Waals surface area contributed by atoms with Crippen LogP contribution in [0.4, 0.5) is 0 Å². The molecule has 1 aromatic heterocycles. The molecule has 0 saturated carbocycles. The van der Waals surface area contributed by atoms with Crippen molar-refractivity contribution in [3.05, 3.63) is 89.2 Å². The first-order chi connectivity index (χ1) is 14.5. The second kappa shape index (κ2) is 9.06. The van der Waals surface area contributed by atoms with Gasteiger partial charge in [0.25, 0.3) is 0 Å². The van der Waals surface area contributed by atoms with E-state index in [1.54, 1.807) is 60.7 Å². The third-order valence-electron chi connectivity index (χ3n) is 4.53. The monoisotopic (exact) mass is 406 g/mol. The van der Waals surface area contributed by atoms with Gasteiger partial charge in [-0.25, -0.2) is 4.79 Å². The minimum Gasteiger partial charge on any atom is -0.478 e. The first kappa shape index (κ1) is 20.8. The van der Waals surface area contributed by atoms with Gasteiger partial charge in [0, 0.05) is 7.11 Å². The molecule has 152 valence electrons. The number of aldehydes is 2. The lowest BCUT2D eigenvalue weighted by atomic mass is 9.81. The number of hydrogen-bond donors (Lipinski definition) is 1. The minimum absolute atomic E-state index is 0.117. The lowest BCUT2D eigenvalue weighted by Gasteiger charge is -2.37. The molecular formula is C22H18N2O6. The SMILES string of the molecule is COC(c1ccccc1)(c1ccccc1)C(Oc1nc(C=O)cc(C=O)n1)C(=O)O. The van der Waals surface area contributed by atoms with Gasteiger partial charge in [-0.05, 0) is 17.2 Å². The Morgan fingerprint density at radius 1 is 0.933 bits per heavy atom. The molecule has 8 heteroatoms. The largest absolute Gasteiger partial charge is 0.478 e.